The van der Waals surface area contributed by atoms with Gasteiger partial charge in [-0.15, -0.1) is 0 Å². The summed E-state index contributed by atoms with van der Waals surface area (Å²) >= 11 is 2.07. The average molecular weight is 459 g/mol. The molecule has 7 nitrogen and oxygen atoms in total. The van der Waals surface area contributed by atoms with Crippen LogP contribution in [0.5, 0.6) is 0 Å². The molecule has 0 unspecified atom stereocenters. The summed E-state index contributed by atoms with van der Waals surface area (Å²) in [6.45, 7) is 0.109. The van der Waals surface area contributed by atoms with Crippen LogP contribution in [-0.2, 0) is 19.0 Å². The van der Waals surface area contributed by atoms with Crippen LogP contribution in [0.25, 0.3) is 0 Å². The van der Waals surface area contributed by atoms with E-state index in [-0.39, 0.29) is 32.3 Å². The van der Waals surface area contributed by atoms with Gasteiger partial charge in [0, 0.05) is 22.1 Å². The van der Waals surface area contributed by atoms with Gasteiger partial charge in [-0.3, -0.25) is 4.79 Å². The number of ether oxygens (including phenoxy) is 3. The van der Waals surface area contributed by atoms with Gasteiger partial charge in [0.2, 0.25) is 5.91 Å². The number of halogens is 1. The molecule has 8 heteroatoms. The third kappa shape index (κ3) is 4.20. The number of benzene rings is 1. The van der Waals surface area contributed by atoms with E-state index in [9.17, 15) is 9.59 Å². The number of fused-ring (bicyclic) bond motifs is 1. The first-order chi connectivity index (χ1) is 12.1. The lowest BCUT2D eigenvalue weighted by Gasteiger charge is -2.30. The minimum absolute atomic E-state index is 0.0916. The molecule has 1 saturated heterocycles. The monoisotopic (exact) mass is 459 g/mol. The van der Waals surface area contributed by atoms with Crippen molar-refractivity contribution < 1.29 is 28.9 Å². The van der Waals surface area contributed by atoms with E-state index in [4.69, 9.17) is 19.3 Å². The number of esters is 1. The Hall–Kier alpha value is -1.49. The normalized spacial score (nSPS) is 25.0. The summed E-state index contributed by atoms with van der Waals surface area (Å²) in [5.41, 5.74) is 0.931. The Morgan fingerprint density at radius 3 is 2.88 bits per heavy atom. The highest BCUT2D eigenvalue weighted by Gasteiger charge is 2.42. The number of hydrogen-bond donors (Lipinski definition) is 2. The molecule has 1 aromatic carbocycles. The van der Waals surface area contributed by atoms with Crippen LogP contribution in [-0.4, -0.2) is 55.2 Å². The highest BCUT2D eigenvalue weighted by molar-refractivity contribution is 14.1. The fourth-order valence-corrected chi connectivity index (χ4v) is 3.44. The largest absolute Gasteiger partial charge is 0.455 e. The third-order valence-electron chi connectivity index (χ3n) is 4.04. The maximum Gasteiger partial charge on any atom is 0.339 e. The summed E-state index contributed by atoms with van der Waals surface area (Å²) in [4.78, 5) is 24.7. The molecule has 0 saturated carbocycles. The first-order valence-electron chi connectivity index (χ1n) is 7.88. The Labute approximate surface area is 158 Å². The lowest BCUT2D eigenvalue weighted by Crippen LogP contribution is -2.43. The molecule has 2 N–H and O–H groups in total. The number of hydrogen-bond acceptors (Lipinski definition) is 6. The quantitative estimate of drug-likeness (QED) is 0.504. The van der Waals surface area contributed by atoms with Crippen molar-refractivity contribution in [2.24, 2.45) is 0 Å². The van der Waals surface area contributed by atoms with Gasteiger partial charge in [0.25, 0.3) is 0 Å². The second-order valence-electron chi connectivity index (χ2n) is 5.68. The van der Waals surface area contributed by atoms with Crippen LogP contribution in [0, 0.1) is 3.57 Å². The van der Waals surface area contributed by atoms with Crippen LogP contribution in [0.1, 0.15) is 16.8 Å². The molecular formula is C17H18INO6. The van der Waals surface area contributed by atoms with Gasteiger partial charge in [-0.1, -0.05) is 12.1 Å². The maximum absolute atomic E-state index is 12.5. The van der Waals surface area contributed by atoms with E-state index in [0.717, 1.165) is 3.57 Å². The number of aliphatic hydroxyl groups is 1. The second-order valence-corrected chi connectivity index (χ2v) is 6.84. The Morgan fingerprint density at radius 2 is 2.12 bits per heavy atom. The Bertz CT molecular complexity index is 691. The van der Waals surface area contributed by atoms with Gasteiger partial charge in [0.05, 0.1) is 12.2 Å². The van der Waals surface area contributed by atoms with Gasteiger partial charge < -0.3 is 24.6 Å². The van der Waals surface area contributed by atoms with Crippen molar-refractivity contribution in [2.75, 3.05) is 19.9 Å². The lowest BCUT2D eigenvalue weighted by molar-refractivity contribution is -0.118. The Kier molecular flexibility index (Phi) is 6.05. The Morgan fingerprint density at radius 1 is 1.32 bits per heavy atom. The lowest BCUT2D eigenvalue weighted by atomic mass is 9.91. The van der Waals surface area contributed by atoms with Gasteiger partial charge in [0.15, 0.2) is 0 Å². The van der Waals surface area contributed by atoms with Crippen molar-refractivity contribution in [3.8, 4) is 0 Å². The predicted molar refractivity (Wildman–Crippen MR) is 95.8 cm³/mol. The Balaban J connectivity index is 1.74. The zero-order chi connectivity index (χ0) is 17.8. The van der Waals surface area contributed by atoms with Gasteiger partial charge in [-0.2, -0.15) is 0 Å². The van der Waals surface area contributed by atoms with Crippen LogP contribution in [0.4, 0.5) is 0 Å². The summed E-state index contributed by atoms with van der Waals surface area (Å²) in [7, 11) is 0. The smallest absolute Gasteiger partial charge is 0.339 e. The van der Waals surface area contributed by atoms with Crippen molar-refractivity contribution in [3.05, 3.63) is 45.0 Å². The zero-order valence-corrected chi connectivity index (χ0v) is 15.5. The molecule has 1 aliphatic carbocycles. The molecule has 0 bridgehead atoms. The maximum atomic E-state index is 12.5. The highest BCUT2D eigenvalue weighted by atomic mass is 127. The molecule has 3 rings (SSSR count). The number of amides is 1. The summed E-state index contributed by atoms with van der Waals surface area (Å²) in [6.07, 6.45) is 0.449. The predicted octanol–water partition coefficient (Wildman–Crippen LogP) is 0.997. The molecular weight excluding hydrogens is 441 g/mol. The minimum Gasteiger partial charge on any atom is -0.455 e. The fraction of sp³-hybridized carbons (Fsp3) is 0.412. The van der Waals surface area contributed by atoms with Gasteiger partial charge in [0.1, 0.15) is 25.1 Å². The fourth-order valence-electron chi connectivity index (χ4n) is 2.83. The van der Waals surface area contributed by atoms with Crippen molar-refractivity contribution in [3.63, 3.8) is 0 Å². The number of aliphatic hydroxyl groups excluding tert-OH is 1. The van der Waals surface area contributed by atoms with E-state index >= 15 is 0 Å². The van der Waals surface area contributed by atoms with Gasteiger partial charge in [-0.25, -0.2) is 4.79 Å². The molecule has 1 aromatic rings. The second kappa shape index (κ2) is 8.26. The molecule has 0 spiro atoms. The highest BCUT2D eigenvalue weighted by Crippen LogP contribution is 2.31. The van der Waals surface area contributed by atoms with Crippen molar-refractivity contribution >= 4 is 34.5 Å². The van der Waals surface area contributed by atoms with E-state index in [1.165, 1.54) is 0 Å². The first kappa shape index (κ1) is 18.3. The molecule has 1 amide bonds. The molecule has 1 aliphatic heterocycles. The summed E-state index contributed by atoms with van der Waals surface area (Å²) < 4.78 is 17.4. The number of rotatable bonds is 5. The van der Waals surface area contributed by atoms with E-state index in [2.05, 4.69) is 27.9 Å². The minimum atomic E-state index is -0.615. The third-order valence-corrected chi connectivity index (χ3v) is 4.98. The van der Waals surface area contributed by atoms with Crippen molar-refractivity contribution in [1.29, 1.82) is 0 Å². The van der Waals surface area contributed by atoms with Crippen LogP contribution in [0.15, 0.2) is 35.9 Å². The van der Waals surface area contributed by atoms with Gasteiger partial charge >= 0.3 is 5.97 Å². The molecule has 1 heterocycles. The van der Waals surface area contributed by atoms with Crippen LogP contribution in [0.2, 0.25) is 0 Å². The zero-order valence-electron chi connectivity index (χ0n) is 13.3. The molecule has 3 atom stereocenters. The standard InChI is InChI=1S/C17H18INO6/c18-12-4-2-1-3-11(12)17(22)25-14-8-10(16(21)19-5-6-20)7-13-15(14)24-9-23-13/h1-4,7,13-15,20H,5-6,8-9H2,(H,19,21)/t13-,14-,15-/m1/s1. The summed E-state index contributed by atoms with van der Waals surface area (Å²) in [5, 5.41) is 11.4. The molecule has 1 fully saturated rings. The topological polar surface area (TPSA) is 94.1 Å². The number of carbonyl (C=O) groups excluding carboxylic acids is 2. The molecule has 2 aliphatic rings. The number of nitrogens with one attached hydrogen (secondary N) is 1. The molecule has 0 aromatic heterocycles. The molecule has 25 heavy (non-hydrogen) atoms. The average Bonchev–Trinajstić information content (AvgIpc) is 3.08. The van der Waals surface area contributed by atoms with E-state index in [1.54, 1.807) is 18.2 Å². The first-order valence-corrected chi connectivity index (χ1v) is 8.96. The van der Waals surface area contributed by atoms with E-state index < -0.39 is 24.3 Å². The SMILES string of the molecule is O=C(NCCO)C1=C[C@H]2OCO[C@H]2[C@H](OC(=O)c2ccccc2I)C1. The van der Waals surface area contributed by atoms with Crippen molar-refractivity contribution in [2.45, 2.75) is 24.7 Å². The van der Waals surface area contributed by atoms with E-state index in [0.29, 0.717) is 11.1 Å². The van der Waals surface area contributed by atoms with Crippen LogP contribution >= 0.6 is 22.6 Å². The van der Waals surface area contributed by atoms with Crippen molar-refractivity contribution in [1.82, 2.24) is 5.32 Å². The van der Waals surface area contributed by atoms with Gasteiger partial charge in [-0.05, 0) is 40.8 Å². The van der Waals surface area contributed by atoms with Crippen LogP contribution in [0.3, 0.4) is 0 Å². The molecule has 134 valence electrons. The summed E-state index contributed by atoms with van der Waals surface area (Å²) in [6, 6.07) is 7.13. The van der Waals surface area contributed by atoms with Crippen LogP contribution < -0.4 is 5.32 Å². The molecule has 0 radical (unpaired) electrons. The summed E-state index contributed by atoms with van der Waals surface area (Å²) in [5.74, 6) is -0.764. The number of carbonyl (C=O) groups is 2. The van der Waals surface area contributed by atoms with E-state index in [1.807, 2.05) is 12.1 Å².